The molecule has 1 aliphatic rings. The van der Waals surface area contributed by atoms with Crippen molar-refractivity contribution in [3.05, 3.63) is 82.0 Å². The molecule has 9 nitrogen and oxygen atoms in total. The highest BCUT2D eigenvalue weighted by atomic mass is 35.5. The van der Waals surface area contributed by atoms with Gasteiger partial charge in [0.15, 0.2) is 0 Å². The molecule has 1 saturated heterocycles. The third-order valence-electron chi connectivity index (χ3n) is 6.47. The standard InChI is InChI=1S/C27H32Cl2N6O3S/c28-24-18-26(32-19-25(24)29)34-14-16-35(17-15-34)39(37,38)23-8-6-22(7-9-23)33-27(36)21-4-2-20(3-5-21)10-13-31-12-1-11-30/h2-9,18-19,31H,1,10-17,30H2,(H,33,36). The molecule has 0 saturated carbocycles. The van der Waals surface area contributed by atoms with Crippen molar-refractivity contribution >= 4 is 50.6 Å². The van der Waals surface area contributed by atoms with E-state index in [-0.39, 0.29) is 10.8 Å². The lowest BCUT2D eigenvalue weighted by Crippen LogP contribution is -2.48. The van der Waals surface area contributed by atoms with Crippen LogP contribution in [0.15, 0.2) is 65.7 Å². The predicted molar refractivity (Wildman–Crippen MR) is 156 cm³/mol. The molecule has 2 aromatic carbocycles. The molecule has 1 amide bonds. The zero-order chi connectivity index (χ0) is 27.8. The van der Waals surface area contributed by atoms with Gasteiger partial charge in [0.2, 0.25) is 10.0 Å². The fourth-order valence-electron chi connectivity index (χ4n) is 4.20. The number of carbonyl (C=O) groups is 1. The molecular weight excluding hydrogens is 559 g/mol. The maximum Gasteiger partial charge on any atom is 0.255 e. The van der Waals surface area contributed by atoms with Crippen molar-refractivity contribution in [1.29, 1.82) is 0 Å². The minimum absolute atomic E-state index is 0.172. The van der Waals surface area contributed by atoms with Gasteiger partial charge in [-0.15, -0.1) is 0 Å². The van der Waals surface area contributed by atoms with Crippen molar-refractivity contribution in [3.8, 4) is 0 Å². The van der Waals surface area contributed by atoms with Crippen LogP contribution >= 0.6 is 23.2 Å². The number of amides is 1. The van der Waals surface area contributed by atoms with E-state index in [1.54, 1.807) is 30.3 Å². The van der Waals surface area contributed by atoms with Crippen molar-refractivity contribution in [2.45, 2.75) is 17.7 Å². The van der Waals surface area contributed by atoms with Crippen LogP contribution in [0.4, 0.5) is 11.5 Å². The Hall–Kier alpha value is -2.73. The van der Waals surface area contributed by atoms with Gasteiger partial charge in [-0.1, -0.05) is 35.3 Å². The Morgan fingerprint density at radius 1 is 0.949 bits per heavy atom. The van der Waals surface area contributed by atoms with Crippen LogP contribution in [0.25, 0.3) is 0 Å². The van der Waals surface area contributed by atoms with E-state index in [2.05, 4.69) is 15.6 Å². The van der Waals surface area contributed by atoms with E-state index in [1.807, 2.05) is 17.0 Å². The first kappa shape index (κ1) is 29.3. The second-order valence-electron chi connectivity index (χ2n) is 9.17. The van der Waals surface area contributed by atoms with Gasteiger partial charge < -0.3 is 21.3 Å². The molecule has 0 radical (unpaired) electrons. The van der Waals surface area contributed by atoms with Crippen molar-refractivity contribution in [1.82, 2.24) is 14.6 Å². The Balaban J connectivity index is 1.30. The van der Waals surface area contributed by atoms with Gasteiger partial charge >= 0.3 is 0 Å². The van der Waals surface area contributed by atoms with Crippen molar-refractivity contribution < 1.29 is 13.2 Å². The molecule has 1 aromatic heterocycles. The van der Waals surface area contributed by atoms with E-state index in [4.69, 9.17) is 28.9 Å². The number of benzene rings is 2. The fraction of sp³-hybridized carbons (Fsp3) is 0.333. The normalized spacial score (nSPS) is 14.4. The van der Waals surface area contributed by atoms with Crippen LogP contribution in [-0.4, -0.2) is 69.4 Å². The van der Waals surface area contributed by atoms with E-state index in [1.165, 1.54) is 22.6 Å². The number of sulfonamides is 1. The van der Waals surface area contributed by atoms with Crippen LogP contribution in [0.5, 0.6) is 0 Å². The molecule has 0 atom stereocenters. The summed E-state index contributed by atoms with van der Waals surface area (Å²) < 4.78 is 27.8. The van der Waals surface area contributed by atoms with Crippen LogP contribution in [0.1, 0.15) is 22.3 Å². The number of pyridine rings is 1. The number of aromatic nitrogens is 1. The Kier molecular flexibility index (Phi) is 10.2. The topological polar surface area (TPSA) is 121 Å². The first-order chi connectivity index (χ1) is 18.8. The summed E-state index contributed by atoms with van der Waals surface area (Å²) in [5.74, 6) is 0.400. The molecule has 4 rings (SSSR count). The number of rotatable bonds is 11. The van der Waals surface area contributed by atoms with Gasteiger partial charge in [-0.25, -0.2) is 13.4 Å². The molecule has 12 heteroatoms. The Morgan fingerprint density at radius 2 is 1.64 bits per heavy atom. The van der Waals surface area contributed by atoms with Gasteiger partial charge in [0.1, 0.15) is 5.82 Å². The molecule has 2 heterocycles. The summed E-state index contributed by atoms with van der Waals surface area (Å²) in [4.78, 5) is 19.1. The van der Waals surface area contributed by atoms with Crippen LogP contribution in [-0.2, 0) is 16.4 Å². The van der Waals surface area contributed by atoms with Crippen molar-refractivity contribution in [2.24, 2.45) is 5.73 Å². The zero-order valence-electron chi connectivity index (χ0n) is 21.4. The maximum atomic E-state index is 13.2. The molecule has 0 bridgehead atoms. The van der Waals surface area contributed by atoms with Gasteiger partial charge in [0, 0.05) is 49.7 Å². The molecule has 0 unspecified atom stereocenters. The van der Waals surface area contributed by atoms with E-state index in [9.17, 15) is 13.2 Å². The summed E-state index contributed by atoms with van der Waals surface area (Å²) in [6.45, 7) is 3.98. The van der Waals surface area contributed by atoms with Gasteiger partial charge in [0.05, 0.1) is 14.9 Å². The molecule has 4 N–H and O–H groups in total. The molecule has 1 fully saturated rings. The summed E-state index contributed by atoms with van der Waals surface area (Å²) in [6, 6.07) is 15.4. The largest absolute Gasteiger partial charge is 0.354 e. The highest BCUT2D eigenvalue weighted by Gasteiger charge is 2.29. The molecule has 3 aromatic rings. The van der Waals surface area contributed by atoms with Gasteiger partial charge in [-0.05, 0) is 74.4 Å². The van der Waals surface area contributed by atoms with E-state index in [0.29, 0.717) is 59.8 Å². The summed E-state index contributed by atoms with van der Waals surface area (Å²) in [5.41, 5.74) is 7.67. The van der Waals surface area contributed by atoms with Gasteiger partial charge in [0.25, 0.3) is 5.91 Å². The second kappa shape index (κ2) is 13.6. The summed E-state index contributed by atoms with van der Waals surface area (Å²) in [7, 11) is -3.68. The number of carbonyl (C=O) groups excluding carboxylic acids is 1. The lowest BCUT2D eigenvalue weighted by Gasteiger charge is -2.34. The lowest BCUT2D eigenvalue weighted by atomic mass is 10.1. The Bertz CT molecular complexity index is 1360. The Labute approximate surface area is 239 Å². The number of nitrogens with zero attached hydrogens (tertiary/aromatic N) is 3. The minimum atomic E-state index is -3.68. The SMILES string of the molecule is NCCCNCCc1ccc(C(=O)Nc2ccc(S(=O)(=O)N3CCN(c4cc(Cl)c(Cl)cn4)CC3)cc2)cc1. The first-order valence-electron chi connectivity index (χ1n) is 12.8. The minimum Gasteiger partial charge on any atom is -0.354 e. The first-order valence-corrected chi connectivity index (χ1v) is 14.9. The zero-order valence-corrected chi connectivity index (χ0v) is 23.8. The predicted octanol–water partition coefficient (Wildman–Crippen LogP) is 3.63. The summed E-state index contributed by atoms with van der Waals surface area (Å²) in [5, 5.41) is 6.94. The maximum absolute atomic E-state index is 13.2. The Morgan fingerprint density at radius 3 is 2.28 bits per heavy atom. The second-order valence-corrected chi connectivity index (χ2v) is 11.9. The van der Waals surface area contributed by atoms with E-state index >= 15 is 0 Å². The number of hydrogen-bond acceptors (Lipinski definition) is 7. The molecule has 39 heavy (non-hydrogen) atoms. The lowest BCUT2D eigenvalue weighted by molar-refractivity contribution is 0.102. The van der Waals surface area contributed by atoms with Crippen LogP contribution < -0.4 is 21.3 Å². The number of halogens is 2. The number of hydrogen-bond donors (Lipinski definition) is 3. The molecule has 1 aliphatic heterocycles. The summed E-state index contributed by atoms with van der Waals surface area (Å²) in [6.07, 6.45) is 3.30. The number of piperazine rings is 1. The monoisotopic (exact) mass is 590 g/mol. The highest BCUT2D eigenvalue weighted by molar-refractivity contribution is 7.89. The van der Waals surface area contributed by atoms with Crippen molar-refractivity contribution in [3.63, 3.8) is 0 Å². The van der Waals surface area contributed by atoms with E-state index in [0.717, 1.165) is 31.5 Å². The fourth-order valence-corrected chi connectivity index (χ4v) is 5.88. The van der Waals surface area contributed by atoms with Crippen LogP contribution in [0.2, 0.25) is 10.0 Å². The van der Waals surface area contributed by atoms with Gasteiger partial charge in [-0.2, -0.15) is 4.31 Å². The number of nitrogens with one attached hydrogen (secondary N) is 2. The quantitative estimate of drug-likeness (QED) is 0.291. The van der Waals surface area contributed by atoms with Gasteiger partial charge in [-0.3, -0.25) is 4.79 Å². The third kappa shape index (κ3) is 7.69. The van der Waals surface area contributed by atoms with Crippen molar-refractivity contribution in [2.75, 3.05) is 56.0 Å². The average molecular weight is 592 g/mol. The molecule has 0 aliphatic carbocycles. The molecule has 0 spiro atoms. The molecular formula is C27H32Cl2N6O3S. The smallest absolute Gasteiger partial charge is 0.255 e. The number of anilines is 2. The number of nitrogens with two attached hydrogens (primary N) is 1. The third-order valence-corrected chi connectivity index (χ3v) is 9.09. The van der Waals surface area contributed by atoms with Crippen LogP contribution in [0, 0.1) is 0 Å². The highest BCUT2D eigenvalue weighted by Crippen LogP contribution is 2.26. The summed E-state index contributed by atoms with van der Waals surface area (Å²) >= 11 is 12.0. The average Bonchev–Trinajstić information content (AvgIpc) is 2.95. The van der Waals surface area contributed by atoms with E-state index < -0.39 is 10.0 Å². The van der Waals surface area contributed by atoms with Crippen LogP contribution in [0.3, 0.4) is 0 Å². The molecule has 208 valence electrons.